The molecule has 29 heavy (non-hydrogen) atoms. The first-order valence-electron chi connectivity index (χ1n) is 9.15. The lowest BCUT2D eigenvalue weighted by Crippen LogP contribution is -2.13. The van der Waals surface area contributed by atoms with E-state index in [1.807, 2.05) is 55.5 Å². The molecule has 0 spiro atoms. The molecule has 0 aliphatic carbocycles. The van der Waals surface area contributed by atoms with Gasteiger partial charge in [-0.3, -0.25) is 9.78 Å². The van der Waals surface area contributed by atoms with Crippen LogP contribution in [0.4, 0.5) is 17.3 Å². The number of hydrogen-bond acceptors (Lipinski definition) is 5. The molecule has 142 valence electrons. The van der Waals surface area contributed by atoms with Crippen LogP contribution in [0.1, 0.15) is 15.9 Å². The molecule has 0 atom stereocenters. The van der Waals surface area contributed by atoms with Crippen LogP contribution < -0.4 is 10.6 Å². The predicted octanol–water partition coefficient (Wildman–Crippen LogP) is 4.84. The van der Waals surface area contributed by atoms with Gasteiger partial charge in [0.15, 0.2) is 0 Å². The van der Waals surface area contributed by atoms with Crippen molar-refractivity contribution < 1.29 is 4.79 Å². The Hall–Kier alpha value is -4.06. The third kappa shape index (κ3) is 4.44. The molecule has 0 aliphatic heterocycles. The van der Waals surface area contributed by atoms with Crippen molar-refractivity contribution in [3.8, 4) is 11.1 Å². The molecule has 4 aromatic rings. The molecule has 3 heterocycles. The molecule has 1 amide bonds. The summed E-state index contributed by atoms with van der Waals surface area (Å²) in [4.78, 5) is 25.6. The smallest absolute Gasteiger partial charge is 0.255 e. The summed E-state index contributed by atoms with van der Waals surface area (Å²) < 4.78 is 0. The number of pyridine rings is 3. The lowest BCUT2D eigenvalue weighted by atomic mass is 10.1. The molecule has 3 aromatic heterocycles. The van der Waals surface area contributed by atoms with Crippen LogP contribution in [0, 0.1) is 6.92 Å². The van der Waals surface area contributed by atoms with E-state index in [0.717, 1.165) is 16.7 Å². The molecule has 0 saturated heterocycles. The maximum absolute atomic E-state index is 12.8. The highest BCUT2D eigenvalue weighted by Gasteiger charge is 2.12. The van der Waals surface area contributed by atoms with Crippen LogP contribution in [-0.2, 0) is 0 Å². The molecule has 1 aromatic carbocycles. The van der Waals surface area contributed by atoms with Gasteiger partial charge in [0.2, 0.25) is 0 Å². The van der Waals surface area contributed by atoms with Crippen molar-refractivity contribution in [2.45, 2.75) is 6.92 Å². The van der Waals surface area contributed by atoms with Crippen molar-refractivity contribution in [1.82, 2.24) is 15.0 Å². The van der Waals surface area contributed by atoms with Crippen molar-refractivity contribution >= 4 is 23.2 Å². The van der Waals surface area contributed by atoms with E-state index < -0.39 is 0 Å². The zero-order chi connectivity index (χ0) is 20.1. The maximum atomic E-state index is 12.8. The Balaban J connectivity index is 1.55. The van der Waals surface area contributed by atoms with E-state index >= 15 is 0 Å². The Morgan fingerprint density at radius 3 is 2.52 bits per heavy atom. The summed E-state index contributed by atoms with van der Waals surface area (Å²) in [7, 11) is 0. The number of nitrogens with zero attached hydrogens (tertiary/aromatic N) is 3. The van der Waals surface area contributed by atoms with Gasteiger partial charge in [-0.05, 0) is 42.3 Å². The Labute approximate surface area is 168 Å². The Bertz CT molecular complexity index is 1130. The predicted molar refractivity (Wildman–Crippen MR) is 114 cm³/mol. The van der Waals surface area contributed by atoms with E-state index in [4.69, 9.17) is 0 Å². The average Bonchev–Trinajstić information content (AvgIpc) is 2.76. The highest BCUT2D eigenvalue weighted by molar-refractivity contribution is 6.06. The average molecular weight is 381 g/mol. The van der Waals surface area contributed by atoms with Crippen molar-refractivity contribution in [3.05, 3.63) is 96.6 Å². The lowest BCUT2D eigenvalue weighted by Gasteiger charge is -2.11. The summed E-state index contributed by atoms with van der Waals surface area (Å²) >= 11 is 0. The normalized spacial score (nSPS) is 10.4. The van der Waals surface area contributed by atoms with E-state index in [1.54, 1.807) is 36.9 Å². The highest BCUT2D eigenvalue weighted by Crippen LogP contribution is 2.27. The molecule has 4 rings (SSSR count). The second-order valence-corrected chi connectivity index (χ2v) is 6.52. The molecule has 6 nitrogen and oxygen atoms in total. The summed E-state index contributed by atoms with van der Waals surface area (Å²) in [5.41, 5.74) is 4.12. The van der Waals surface area contributed by atoms with Gasteiger partial charge in [0, 0.05) is 29.7 Å². The van der Waals surface area contributed by atoms with Crippen LogP contribution >= 0.6 is 0 Å². The number of hydrogen-bond donors (Lipinski definition) is 2. The third-order valence-electron chi connectivity index (χ3n) is 4.34. The van der Waals surface area contributed by atoms with Crippen LogP contribution in [0.3, 0.4) is 0 Å². The quantitative estimate of drug-likeness (QED) is 0.517. The van der Waals surface area contributed by atoms with E-state index in [1.165, 1.54) is 0 Å². The van der Waals surface area contributed by atoms with Crippen molar-refractivity contribution in [1.29, 1.82) is 0 Å². The van der Waals surface area contributed by atoms with Gasteiger partial charge in [-0.1, -0.05) is 36.4 Å². The summed E-state index contributed by atoms with van der Waals surface area (Å²) in [5.74, 6) is 0.972. The van der Waals surface area contributed by atoms with Crippen LogP contribution in [0.15, 0.2) is 85.5 Å². The zero-order valence-electron chi connectivity index (χ0n) is 15.8. The van der Waals surface area contributed by atoms with Gasteiger partial charge in [-0.25, -0.2) is 9.97 Å². The van der Waals surface area contributed by atoms with Crippen molar-refractivity contribution in [2.75, 3.05) is 10.6 Å². The fraction of sp³-hybridized carbons (Fsp3) is 0.0435. The van der Waals surface area contributed by atoms with E-state index in [-0.39, 0.29) is 5.91 Å². The Kier molecular flexibility index (Phi) is 5.25. The van der Waals surface area contributed by atoms with Crippen LogP contribution in [0.25, 0.3) is 11.1 Å². The van der Waals surface area contributed by atoms with E-state index in [2.05, 4.69) is 25.6 Å². The first kappa shape index (κ1) is 18.3. The molecular weight excluding hydrogens is 362 g/mol. The first-order valence-corrected chi connectivity index (χ1v) is 9.15. The number of carbonyl (C=O) groups is 1. The zero-order valence-corrected chi connectivity index (χ0v) is 15.8. The minimum Gasteiger partial charge on any atom is -0.325 e. The van der Waals surface area contributed by atoms with Gasteiger partial charge in [0.1, 0.15) is 11.6 Å². The van der Waals surface area contributed by atoms with Crippen LogP contribution in [0.2, 0.25) is 0 Å². The summed E-state index contributed by atoms with van der Waals surface area (Å²) in [5, 5.41) is 6.06. The number of rotatable bonds is 5. The molecular formula is C23H19N5O. The summed E-state index contributed by atoms with van der Waals surface area (Å²) in [6.07, 6.45) is 6.72. The van der Waals surface area contributed by atoms with E-state index in [9.17, 15) is 4.79 Å². The third-order valence-corrected chi connectivity index (χ3v) is 4.34. The molecule has 0 aliphatic rings. The SMILES string of the molecule is Cc1ccc(Nc2cc(C(=O)Nc3cnccc3-c3ccccc3)ccn2)nc1. The Morgan fingerprint density at radius 2 is 1.72 bits per heavy atom. The topological polar surface area (TPSA) is 79.8 Å². The van der Waals surface area contributed by atoms with Gasteiger partial charge in [0.25, 0.3) is 5.91 Å². The highest BCUT2D eigenvalue weighted by atomic mass is 16.1. The van der Waals surface area contributed by atoms with E-state index in [0.29, 0.717) is 22.9 Å². The molecule has 6 heteroatoms. The van der Waals surface area contributed by atoms with Crippen LogP contribution in [-0.4, -0.2) is 20.9 Å². The van der Waals surface area contributed by atoms with Crippen molar-refractivity contribution in [3.63, 3.8) is 0 Å². The monoisotopic (exact) mass is 381 g/mol. The second-order valence-electron chi connectivity index (χ2n) is 6.52. The second kappa shape index (κ2) is 8.31. The largest absolute Gasteiger partial charge is 0.325 e. The number of aryl methyl sites for hydroxylation is 1. The standard InChI is InChI=1S/C23H19N5O/c1-16-7-8-21(26-14-16)28-22-13-18(9-12-25-22)23(29)27-20-15-24-11-10-19(20)17-5-3-2-4-6-17/h2-15H,1H3,(H,27,29)(H,25,26,28). The first-order chi connectivity index (χ1) is 14.2. The number of anilines is 3. The van der Waals surface area contributed by atoms with Gasteiger partial charge in [-0.2, -0.15) is 0 Å². The molecule has 0 saturated carbocycles. The molecule has 2 N–H and O–H groups in total. The Morgan fingerprint density at radius 1 is 0.862 bits per heavy atom. The molecule has 0 fully saturated rings. The summed E-state index contributed by atoms with van der Waals surface area (Å²) in [6.45, 7) is 1.97. The minimum absolute atomic E-state index is 0.238. The lowest BCUT2D eigenvalue weighted by molar-refractivity contribution is 0.102. The van der Waals surface area contributed by atoms with Gasteiger partial charge < -0.3 is 10.6 Å². The van der Waals surface area contributed by atoms with Gasteiger partial charge in [-0.15, -0.1) is 0 Å². The number of aromatic nitrogens is 3. The molecule has 0 bridgehead atoms. The number of benzene rings is 1. The van der Waals surface area contributed by atoms with Gasteiger partial charge in [0.05, 0.1) is 11.9 Å². The fourth-order valence-corrected chi connectivity index (χ4v) is 2.87. The summed E-state index contributed by atoms with van der Waals surface area (Å²) in [6, 6.07) is 18.9. The number of nitrogens with one attached hydrogen (secondary N) is 2. The van der Waals surface area contributed by atoms with Crippen molar-refractivity contribution in [2.24, 2.45) is 0 Å². The van der Waals surface area contributed by atoms with Gasteiger partial charge >= 0.3 is 0 Å². The fourth-order valence-electron chi connectivity index (χ4n) is 2.87. The number of carbonyl (C=O) groups excluding carboxylic acids is 1. The number of amides is 1. The van der Waals surface area contributed by atoms with Crippen LogP contribution in [0.5, 0.6) is 0 Å². The molecule has 0 unspecified atom stereocenters. The maximum Gasteiger partial charge on any atom is 0.255 e. The molecule has 0 radical (unpaired) electrons. The minimum atomic E-state index is -0.238.